The molecule has 5 atom stereocenters. The molecule has 0 fully saturated rings. The summed E-state index contributed by atoms with van der Waals surface area (Å²) in [5, 5.41) is 14.0. The van der Waals surface area contributed by atoms with Gasteiger partial charge in [-0.15, -0.1) is 0 Å². The number of aromatic nitrogens is 2. The van der Waals surface area contributed by atoms with E-state index in [1.165, 1.54) is 0 Å². The Labute approximate surface area is 193 Å². The highest BCUT2D eigenvalue weighted by molar-refractivity contribution is 5.82. The van der Waals surface area contributed by atoms with Gasteiger partial charge in [0.25, 0.3) is 0 Å². The molecule has 1 aromatic rings. The van der Waals surface area contributed by atoms with Crippen molar-refractivity contribution in [2.75, 3.05) is 13.6 Å². The first kappa shape index (κ1) is 28.1. The third-order valence-electron chi connectivity index (χ3n) is 6.12. The van der Waals surface area contributed by atoms with Gasteiger partial charge in [-0.2, -0.15) is 0 Å². The predicted molar refractivity (Wildman–Crippen MR) is 128 cm³/mol. The maximum atomic E-state index is 13.1. The number of hydrogen-bond acceptors (Lipinski definition) is 5. The summed E-state index contributed by atoms with van der Waals surface area (Å²) < 4.78 is 0. The molecule has 1 aromatic heterocycles. The average Bonchev–Trinajstić information content (AvgIpc) is 3.22. The molecule has 5 N–H and O–H groups in total. The molecule has 0 saturated carbocycles. The highest BCUT2D eigenvalue weighted by Gasteiger charge is 2.32. The number of aromatic amines is 1. The number of rotatable bonds is 14. The molecule has 0 radical (unpaired) electrons. The topological polar surface area (TPSA) is 124 Å². The molecule has 1 rings (SSSR count). The second-order valence-corrected chi connectivity index (χ2v) is 10.0. The van der Waals surface area contributed by atoms with Crippen LogP contribution in [-0.2, 0) is 16.0 Å². The van der Waals surface area contributed by atoms with Crippen molar-refractivity contribution in [2.24, 2.45) is 29.4 Å². The van der Waals surface area contributed by atoms with Gasteiger partial charge in [0.2, 0.25) is 11.8 Å². The zero-order chi connectivity index (χ0) is 24.4. The van der Waals surface area contributed by atoms with Crippen molar-refractivity contribution in [3.8, 4) is 0 Å². The molecule has 0 aromatic carbocycles. The van der Waals surface area contributed by atoms with E-state index in [1.54, 1.807) is 17.4 Å². The first-order valence-corrected chi connectivity index (χ1v) is 11.9. The summed E-state index contributed by atoms with van der Waals surface area (Å²) in [4.78, 5) is 34.5. The van der Waals surface area contributed by atoms with Gasteiger partial charge in [-0.25, -0.2) is 4.98 Å². The van der Waals surface area contributed by atoms with Crippen LogP contribution in [0.3, 0.4) is 0 Å². The Morgan fingerprint density at radius 3 is 2.38 bits per heavy atom. The summed E-state index contributed by atoms with van der Waals surface area (Å²) in [5.74, 6) is 0.181. The molecule has 0 saturated heterocycles. The summed E-state index contributed by atoms with van der Waals surface area (Å²) in [5.41, 5.74) is 6.86. The molecule has 32 heavy (non-hydrogen) atoms. The van der Waals surface area contributed by atoms with Crippen LogP contribution in [0.25, 0.3) is 0 Å². The minimum atomic E-state index is -0.839. The zero-order valence-corrected chi connectivity index (χ0v) is 21.0. The van der Waals surface area contributed by atoms with Gasteiger partial charge in [-0.3, -0.25) is 9.59 Å². The summed E-state index contributed by atoms with van der Waals surface area (Å²) in [6.07, 6.45) is 4.60. The lowest BCUT2D eigenvalue weighted by Gasteiger charge is -2.32. The molecule has 184 valence electrons. The highest BCUT2D eigenvalue weighted by atomic mass is 16.3. The molecule has 1 unspecified atom stereocenters. The molecule has 8 nitrogen and oxygen atoms in total. The van der Waals surface area contributed by atoms with Crippen molar-refractivity contribution in [3.63, 3.8) is 0 Å². The Balaban J connectivity index is 2.85. The zero-order valence-electron chi connectivity index (χ0n) is 21.0. The monoisotopic (exact) mass is 451 g/mol. The maximum absolute atomic E-state index is 13.1. The van der Waals surface area contributed by atoms with Crippen molar-refractivity contribution >= 4 is 11.8 Å². The SMILES string of the molecule is CC[C@H](C)CN(C)C(=O)C(C[C@H](O)[C@H](CC(C)C)NC(=O)[C@@H](N)Cc1cnc[nH]1)C(C)C. The van der Waals surface area contributed by atoms with E-state index in [-0.39, 0.29) is 29.6 Å². The summed E-state index contributed by atoms with van der Waals surface area (Å²) in [6, 6.07) is -1.22. The lowest BCUT2D eigenvalue weighted by Crippen LogP contribution is -2.52. The van der Waals surface area contributed by atoms with Gasteiger partial charge in [0.1, 0.15) is 0 Å². The lowest BCUT2D eigenvalue weighted by molar-refractivity contribution is -0.137. The first-order chi connectivity index (χ1) is 15.0. The number of carbonyl (C=O) groups is 2. The van der Waals surface area contributed by atoms with E-state index in [4.69, 9.17) is 5.73 Å². The van der Waals surface area contributed by atoms with Crippen molar-refractivity contribution in [3.05, 3.63) is 18.2 Å². The first-order valence-electron chi connectivity index (χ1n) is 11.9. The maximum Gasteiger partial charge on any atom is 0.237 e. The van der Waals surface area contributed by atoms with Crippen LogP contribution in [0.1, 0.15) is 66.5 Å². The third-order valence-corrected chi connectivity index (χ3v) is 6.12. The van der Waals surface area contributed by atoms with E-state index in [9.17, 15) is 14.7 Å². The number of imidazole rings is 1. The lowest BCUT2D eigenvalue weighted by atomic mass is 9.85. The van der Waals surface area contributed by atoms with Gasteiger partial charge >= 0.3 is 0 Å². The Hall–Kier alpha value is -1.93. The molecule has 0 aliphatic carbocycles. The highest BCUT2D eigenvalue weighted by Crippen LogP contribution is 2.24. The summed E-state index contributed by atoms with van der Waals surface area (Å²) in [7, 11) is 1.83. The average molecular weight is 452 g/mol. The molecule has 0 bridgehead atoms. The third kappa shape index (κ3) is 9.28. The van der Waals surface area contributed by atoms with E-state index in [1.807, 2.05) is 34.7 Å². The van der Waals surface area contributed by atoms with Crippen LogP contribution in [0, 0.1) is 23.7 Å². The van der Waals surface area contributed by atoms with Crippen molar-refractivity contribution in [1.82, 2.24) is 20.2 Å². The van der Waals surface area contributed by atoms with Crippen LogP contribution in [-0.4, -0.2) is 63.6 Å². The largest absolute Gasteiger partial charge is 0.391 e. The van der Waals surface area contributed by atoms with Crippen LogP contribution in [0.5, 0.6) is 0 Å². The van der Waals surface area contributed by atoms with Crippen LogP contribution >= 0.6 is 0 Å². The second-order valence-electron chi connectivity index (χ2n) is 10.0. The number of amides is 2. The second kappa shape index (κ2) is 13.6. The fraction of sp³-hybridized carbons (Fsp3) is 0.792. The molecule has 1 heterocycles. The Kier molecular flexibility index (Phi) is 11.9. The van der Waals surface area contributed by atoms with E-state index >= 15 is 0 Å². The summed E-state index contributed by atoms with van der Waals surface area (Å²) in [6.45, 7) is 13.0. The van der Waals surface area contributed by atoms with Gasteiger partial charge in [0.15, 0.2) is 0 Å². The minimum absolute atomic E-state index is 0.0462. The Morgan fingerprint density at radius 1 is 1.22 bits per heavy atom. The van der Waals surface area contributed by atoms with Gasteiger partial charge in [-0.1, -0.05) is 48.0 Å². The molecule has 0 spiro atoms. The van der Waals surface area contributed by atoms with E-state index in [0.29, 0.717) is 31.7 Å². The number of nitrogens with two attached hydrogens (primary N) is 1. The van der Waals surface area contributed by atoms with Crippen molar-refractivity contribution in [2.45, 2.75) is 85.4 Å². The van der Waals surface area contributed by atoms with Crippen LogP contribution in [0.15, 0.2) is 12.5 Å². The van der Waals surface area contributed by atoms with Crippen LogP contribution in [0.4, 0.5) is 0 Å². The predicted octanol–water partition coefficient (Wildman–Crippen LogP) is 2.34. The van der Waals surface area contributed by atoms with Gasteiger partial charge < -0.3 is 26.0 Å². The number of carbonyl (C=O) groups excluding carboxylic acids is 2. The minimum Gasteiger partial charge on any atom is -0.391 e. The van der Waals surface area contributed by atoms with Crippen LogP contribution < -0.4 is 11.1 Å². The normalized spacial score (nSPS) is 16.5. The van der Waals surface area contributed by atoms with E-state index < -0.39 is 18.2 Å². The molecule has 8 heteroatoms. The number of H-pyrrole nitrogens is 1. The molecule has 0 aliphatic rings. The number of aliphatic hydroxyl groups excluding tert-OH is 1. The Bertz CT molecular complexity index is 677. The van der Waals surface area contributed by atoms with E-state index in [0.717, 1.165) is 12.1 Å². The van der Waals surface area contributed by atoms with E-state index in [2.05, 4.69) is 29.1 Å². The molecular formula is C24H45N5O3. The van der Waals surface area contributed by atoms with Crippen LogP contribution in [0.2, 0.25) is 0 Å². The summed E-state index contributed by atoms with van der Waals surface area (Å²) >= 11 is 0. The number of aliphatic hydroxyl groups is 1. The number of nitrogens with one attached hydrogen (secondary N) is 2. The number of nitrogens with zero attached hydrogens (tertiary/aromatic N) is 2. The van der Waals surface area contributed by atoms with Gasteiger partial charge in [0.05, 0.1) is 24.5 Å². The standard InChI is InChI=1S/C24H45N5O3/c1-8-17(6)13-29(7)24(32)19(16(4)5)11-22(30)21(9-15(2)3)28-23(31)20(25)10-18-12-26-14-27-18/h12,14-17,19-22,30H,8-11,13,25H2,1-7H3,(H,26,27)(H,28,31)/t17-,19?,20-,21-,22-/m0/s1. The van der Waals surface area contributed by atoms with Crippen molar-refractivity contribution in [1.29, 1.82) is 0 Å². The smallest absolute Gasteiger partial charge is 0.237 e. The fourth-order valence-electron chi connectivity index (χ4n) is 3.89. The molecular weight excluding hydrogens is 406 g/mol. The fourth-order valence-corrected chi connectivity index (χ4v) is 3.89. The molecule has 0 aliphatic heterocycles. The quantitative estimate of drug-likeness (QED) is 0.346. The van der Waals surface area contributed by atoms with Gasteiger partial charge in [0, 0.05) is 37.8 Å². The Morgan fingerprint density at radius 2 is 1.88 bits per heavy atom. The van der Waals surface area contributed by atoms with Gasteiger partial charge in [-0.05, 0) is 30.6 Å². The number of hydrogen-bond donors (Lipinski definition) is 4. The molecule has 2 amide bonds. The van der Waals surface area contributed by atoms with Crippen molar-refractivity contribution < 1.29 is 14.7 Å².